The number of hydrogen-bond donors (Lipinski definition) is 3. The predicted octanol–water partition coefficient (Wildman–Crippen LogP) is 4.80. The topological polar surface area (TPSA) is 130 Å². The standard InChI is InChI=1S/C32H34N6O4/c1-32(2,3)23-11-7-21(8-12-23)29(40)36-27-6-4-5-25(26(27)19-39)28-33-20-34-31(37-28)35-24-13-9-22(10-14-24)30(41)38-15-17-42-18-16-38/h4-14,20,39H,15-19H2,1-3H3,(H,36,40)(H,33,34,35,37). The summed E-state index contributed by atoms with van der Waals surface area (Å²) in [7, 11) is 0. The third kappa shape index (κ3) is 6.62. The van der Waals surface area contributed by atoms with Crippen LogP contribution in [0, 0.1) is 0 Å². The molecular formula is C32H34N6O4. The van der Waals surface area contributed by atoms with Crippen molar-refractivity contribution in [3.63, 3.8) is 0 Å². The van der Waals surface area contributed by atoms with Crippen LogP contribution < -0.4 is 10.6 Å². The lowest BCUT2D eigenvalue weighted by Crippen LogP contribution is -2.40. The Morgan fingerprint density at radius 2 is 1.62 bits per heavy atom. The Hall–Kier alpha value is -4.67. The molecule has 1 aliphatic heterocycles. The largest absolute Gasteiger partial charge is 0.392 e. The second-order valence-electron chi connectivity index (χ2n) is 11.0. The zero-order chi connectivity index (χ0) is 29.7. The number of amides is 2. The normalized spacial score (nSPS) is 13.5. The van der Waals surface area contributed by atoms with Gasteiger partial charge in [-0.15, -0.1) is 0 Å². The molecule has 0 aliphatic carbocycles. The average molecular weight is 567 g/mol. The Morgan fingerprint density at radius 1 is 0.929 bits per heavy atom. The molecule has 0 bridgehead atoms. The molecule has 10 nitrogen and oxygen atoms in total. The van der Waals surface area contributed by atoms with Crippen LogP contribution in [0.15, 0.2) is 73.1 Å². The van der Waals surface area contributed by atoms with E-state index in [0.717, 1.165) is 5.56 Å². The number of rotatable bonds is 7. The number of carbonyl (C=O) groups excluding carboxylic acids is 2. The number of morpholine rings is 1. The highest BCUT2D eigenvalue weighted by atomic mass is 16.5. The molecule has 0 radical (unpaired) electrons. The van der Waals surface area contributed by atoms with Gasteiger partial charge in [-0.3, -0.25) is 9.59 Å². The fourth-order valence-electron chi connectivity index (χ4n) is 4.66. The second kappa shape index (κ2) is 12.5. The summed E-state index contributed by atoms with van der Waals surface area (Å²) in [6, 6.07) is 19.9. The maximum Gasteiger partial charge on any atom is 0.255 e. The van der Waals surface area contributed by atoms with Gasteiger partial charge in [0.25, 0.3) is 11.8 Å². The van der Waals surface area contributed by atoms with Crippen LogP contribution in [0.5, 0.6) is 0 Å². The number of anilines is 3. The molecule has 1 aromatic heterocycles. The molecule has 2 amide bonds. The van der Waals surface area contributed by atoms with E-state index in [1.165, 1.54) is 6.33 Å². The van der Waals surface area contributed by atoms with Crippen molar-refractivity contribution in [2.24, 2.45) is 0 Å². The average Bonchev–Trinajstić information content (AvgIpc) is 3.01. The Bertz CT molecular complexity index is 1560. The van der Waals surface area contributed by atoms with Crippen LogP contribution in [-0.2, 0) is 16.8 Å². The maximum atomic E-state index is 13.0. The molecule has 216 valence electrons. The Balaban J connectivity index is 1.31. The van der Waals surface area contributed by atoms with Crippen LogP contribution in [-0.4, -0.2) is 63.1 Å². The van der Waals surface area contributed by atoms with Crippen LogP contribution >= 0.6 is 0 Å². The van der Waals surface area contributed by atoms with Crippen molar-refractivity contribution in [1.29, 1.82) is 0 Å². The van der Waals surface area contributed by atoms with Crippen molar-refractivity contribution in [2.75, 3.05) is 36.9 Å². The van der Waals surface area contributed by atoms with Gasteiger partial charge >= 0.3 is 0 Å². The summed E-state index contributed by atoms with van der Waals surface area (Å²) in [6.45, 7) is 8.28. The first kappa shape index (κ1) is 28.8. The van der Waals surface area contributed by atoms with E-state index in [4.69, 9.17) is 4.74 Å². The number of nitrogens with one attached hydrogen (secondary N) is 2. The lowest BCUT2D eigenvalue weighted by atomic mass is 9.86. The summed E-state index contributed by atoms with van der Waals surface area (Å²) in [6.07, 6.45) is 1.38. The molecular weight excluding hydrogens is 532 g/mol. The Morgan fingerprint density at radius 3 is 2.29 bits per heavy atom. The van der Waals surface area contributed by atoms with E-state index in [2.05, 4.69) is 46.4 Å². The molecule has 5 rings (SSSR count). The van der Waals surface area contributed by atoms with Crippen LogP contribution in [0.3, 0.4) is 0 Å². The number of hydrogen-bond acceptors (Lipinski definition) is 8. The molecule has 1 aliphatic rings. The van der Waals surface area contributed by atoms with Crippen molar-refractivity contribution >= 4 is 29.1 Å². The van der Waals surface area contributed by atoms with Gasteiger partial charge in [0, 0.05) is 46.7 Å². The lowest BCUT2D eigenvalue weighted by Gasteiger charge is -2.26. The minimum absolute atomic E-state index is 0.0167. The number of aromatic nitrogens is 3. The van der Waals surface area contributed by atoms with E-state index in [0.29, 0.717) is 71.7 Å². The van der Waals surface area contributed by atoms with Crippen LogP contribution in [0.4, 0.5) is 17.3 Å². The zero-order valence-electron chi connectivity index (χ0n) is 23.9. The number of aliphatic hydroxyl groups is 1. The first-order chi connectivity index (χ1) is 20.2. The van der Waals surface area contributed by atoms with Gasteiger partial charge in [0.1, 0.15) is 6.33 Å². The first-order valence-corrected chi connectivity index (χ1v) is 13.8. The molecule has 3 N–H and O–H groups in total. The molecule has 2 heterocycles. The number of carbonyl (C=O) groups is 2. The fraction of sp³-hybridized carbons (Fsp3) is 0.281. The van der Waals surface area contributed by atoms with E-state index < -0.39 is 0 Å². The number of nitrogens with zero attached hydrogens (tertiary/aromatic N) is 4. The van der Waals surface area contributed by atoms with Crippen molar-refractivity contribution in [3.8, 4) is 11.4 Å². The Kier molecular flexibility index (Phi) is 8.56. The molecule has 0 saturated carbocycles. The third-order valence-corrected chi connectivity index (χ3v) is 7.09. The van der Waals surface area contributed by atoms with Crippen molar-refractivity contribution in [3.05, 3.63) is 95.3 Å². The van der Waals surface area contributed by atoms with E-state index in [1.54, 1.807) is 59.5 Å². The summed E-state index contributed by atoms with van der Waals surface area (Å²) < 4.78 is 5.33. The summed E-state index contributed by atoms with van der Waals surface area (Å²) in [5.41, 5.74) is 4.44. The van der Waals surface area contributed by atoms with E-state index in [1.807, 2.05) is 12.1 Å². The molecule has 1 saturated heterocycles. The fourth-order valence-corrected chi connectivity index (χ4v) is 4.66. The van der Waals surface area contributed by atoms with Gasteiger partial charge in [-0.25, -0.2) is 9.97 Å². The molecule has 0 atom stereocenters. The summed E-state index contributed by atoms with van der Waals surface area (Å²) >= 11 is 0. The monoisotopic (exact) mass is 566 g/mol. The van der Waals surface area contributed by atoms with Gasteiger partial charge in [-0.1, -0.05) is 45.0 Å². The summed E-state index contributed by atoms with van der Waals surface area (Å²) in [5.74, 6) is 0.319. The highest BCUT2D eigenvalue weighted by molar-refractivity contribution is 6.05. The van der Waals surface area contributed by atoms with Crippen molar-refractivity contribution in [2.45, 2.75) is 32.8 Å². The molecule has 42 heavy (non-hydrogen) atoms. The summed E-state index contributed by atoms with van der Waals surface area (Å²) in [5, 5.41) is 16.3. The van der Waals surface area contributed by atoms with Gasteiger partial charge in [0.05, 0.1) is 19.8 Å². The predicted molar refractivity (Wildman–Crippen MR) is 161 cm³/mol. The van der Waals surface area contributed by atoms with Gasteiger partial charge in [0.2, 0.25) is 5.95 Å². The highest BCUT2D eigenvalue weighted by Gasteiger charge is 2.19. The van der Waals surface area contributed by atoms with E-state index in [9.17, 15) is 14.7 Å². The molecule has 4 aromatic rings. The number of ether oxygens (including phenoxy) is 1. The number of aliphatic hydroxyl groups excluding tert-OH is 1. The highest BCUT2D eigenvalue weighted by Crippen LogP contribution is 2.29. The SMILES string of the molecule is CC(C)(C)c1ccc(C(=O)Nc2cccc(-c3ncnc(Nc4ccc(C(=O)N5CCOCC5)cc4)n3)c2CO)cc1. The van der Waals surface area contributed by atoms with Gasteiger partial charge < -0.3 is 25.4 Å². The van der Waals surface area contributed by atoms with Crippen LogP contribution in [0.1, 0.15) is 52.6 Å². The van der Waals surface area contributed by atoms with Crippen LogP contribution in [0.25, 0.3) is 11.4 Å². The van der Waals surface area contributed by atoms with Crippen molar-refractivity contribution in [1.82, 2.24) is 19.9 Å². The molecule has 0 spiro atoms. The molecule has 1 fully saturated rings. The first-order valence-electron chi connectivity index (χ1n) is 13.8. The second-order valence-corrected chi connectivity index (χ2v) is 11.0. The van der Waals surface area contributed by atoms with Crippen LogP contribution in [0.2, 0.25) is 0 Å². The number of benzene rings is 3. The van der Waals surface area contributed by atoms with Gasteiger partial charge in [-0.05, 0) is 53.4 Å². The van der Waals surface area contributed by atoms with Crippen molar-refractivity contribution < 1.29 is 19.4 Å². The minimum Gasteiger partial charge on any atom is -0.392 e. The summed E-state index contributed by atoms with van der Waals surface area (Å²) in [4.78, 5) is 40.6. The minimum atomic E-state index is -0.332. The molecule has 0 unspecified atom stereocenters. The smallest absolute Gasteiger partial charge is 0.255 e. The maximum absolute atomic E-state index is 13.0. The Labute approximate surface area is 244 Å². The molecule has 10 heteroatoms. The lowest BCUT2D eigenvalue weighted by molar-refractivity contribution is 0.0303. The quantitative estimate of drug-likeness (QED) is 0.291. The van der Waals surface area contributed by atoms with Gasteiger partial charge in [0.15, 0.2) is 5.82 Å². The third-order valence-electron chi connectivity index (χ3n) is 7.09. The van der Waals surface area contributed by atoms with E-state index in [-0.39, 0.29) is 23.8 Å². The molecule has 3 aromatic carbocycles. The van der Waals surface area contributed by atoms with Gasteiger partial charge in [-0.2, -0.15) is 4.98 Å². The zero-order valence-corrected chi connectivity index (χ0v) is 23.9. The van der Waals surface area contributed by atoms with E-state index >= 15 is 0 Å².